The van der Waals surface area contributed by atoms with Crippen LogP contribution in [0.2, 0.25) is 0 Å². The van der Waals surface area contributed by atoms with E-state index in [9.17, 15) is 9.59 Å². The van der Waals surface area contributed by atoms with Gasteiger partial charge in [0.25, 0.3) is 5.91 Å². The maximum absolute atomic E-state index is 12.4. The molecule has 0 aliphatic rings. The smallest absolute Gasteiger partial charge is 0.251 e. The molecule has 1 aromatic carbocycles. The maximum Gasteiger partial charge on any atom is 0.251 e. The van der Waals surface area contributed by atoms with Crippen molar-refractivity contribution in [3.63, 3.8) is 0 Å². The standard InChI is InChI=1S/C19H30N2O2/c1-13(2)11-21(12-14(3)4)18(22)10-20-19(23)17-8-7-15(5)16(6)9-17/h7-9,13-14H,10-12H2,1-6H3,(H,20,23). The van der Waals surface area contributed by atoms with E-state index in [1.807, 2.05) is 30.9 Å². The van der Waals surface area contributed by atoms with Crippen molar-refractivity contribution in [2.24, 2.45) is 11.8 Å². The van der Waals surface area contributed by atoms with E-state index in [-0.39, 0.29) is 18.4 Å². The van der Waals surface area contributed by atoms with Crippen LogP contribution in [0, 0.1) is 25.7 Å². The molecule has 4 nitrogen and oxygen atoms in total. The number of rotatable bonds is 7. The van der Waals surface area contributed by atoms with E-state index in [0.717, 1.165) is 24.2 Å². The summed E-state index contributed by atoms with van der Waals surface area (Å²) in [5.74, 6) is 0.598. The molecule has 1 aromatic rings. The summed E-state index contributed by atoms with van der Waals surface area (Å²) in [6.07, 6.45) is 0. The Labute approximate surface area is 140 Å². The minimum absolute atomic E-state index is 0.0235. The van der Waals surface area contributed by atoms with Gasteiger partial charge < -0.3 is 10.2 Å². The fraction of sp³-hybridized carbons (Fsp3) is 0.579. The molecular formula is C19H30N2O2. The average molecular weight is 318 g/mol. The van der Waals surface area contributed by atoms with Gasteiger partial charge in [-0.15, -0.1) is 0 Å². The van der Waals surface area contributed by atoms with Gasteiger partial charge in [-0.25, -0.2) is 0 Å². The molecule has 0 aliphatic heterocycles. The van der Waals surface area contributed by atoms with E-state index >= 15 is 0 Å². The lowest BCUT2D eigenvalue weighted by Gasteiger charge is -2.26. The van der Waals surface area contributed by atoms with Crippen molar-refractivity contribution < 1.29 is 9.59 Å². The Morgan fingerprint density at radius 1 is 1.00 bits per heavy atom. The van der Waals surface area contributed by atoms with Crippen molar-refractivity contribution in [2.45, 2.75) is 41.5 Å². The van der Waals surface area contributed by atoms with Gasteiger partial charge in [0.15, 0.2) is 0 Å². The Hall–Kier alpha value is -1.84. The Morgan fingerprint density at radius 3 is 2.04 bits per heavy atom. The molecular weight excluding hydrogens is 288 g/mol. The molecule has 0 aromatic heterocycles. The van der Waals surface area contributed by atoms with Crippen LogP contribution in [-0.2, 0) is 4.79 Å². The zero-order chi connectivity index (χ0) is 17.6. The molecule has 0 heterocycles. The predicted molar refractivity (Wildman–Crippen MR) is 94.5 cm³/mol. The number of benzene rings is 1. The van der Waals surface area contributed by atoms with Crippen LogP contribution in [0.15, 0.2) is 18.2 Å². The van der Waals surface area contributed by atoms with Crippen LogP contribution in [0.1, 0.15) is 49.2 Å². The topological polar surface area (TPSA) is 49.4 Å². The van der Waals surface area contributed by atoms with E-state index in [4.69, 9.17) is 0 Å². The summed E-state index contributed by atoms with van der Waals surface area (Å²) < 4.78 is 0. The molecule has 0 fully saturated rings. The number of hydrogen-bond donors (Lipinski definition) is 1. The van der Waals surface area contributed by atoms with Crippen LogP contribution < -0.4 is 5.32 Å². The second-order valence-electron chi connectivity index (χ2n) is 7.07. The van der Waals surface area contributed by atoms with Gasteiger partial charge >= 0.3 is 0 Å². The SMILES string of the molecule is Cc1ccc(C(=O)NCC(=O)N(CC(C)C)CC(C)C)cc1C. The lowest BCUT2D eigenvalue weighted by atomic mass is 10.1. The van der Waals surface area contributed by atoms with Gasteiger partial charge in [0.1, 0.15) is 0 Å². The number of amides is 2. The molecule has 23 heavy (non-hydrogen) atoms. The van der Waals surface area contributed by atoms with Crippen LogP contribution in [0.5, 0.6) is 0 Å². The highest BCUT2D eigenvalue weighted by Crippen LogP contribution is 2.10. The van der Waals surface area contributed by atoms with Gasteiger partial charge in [-0.05, 0) is 48.9 Å². The number of nitrogens with one attached hydrogen (secondary N) is 1. The summed E-state index contributed by atoms with van der Waals surface area (Å²) in [5.41, 5.74) is 2.82. The van der Waals surface area contributed by atoms with Crippen LogP contribution >= 0.6 is 0 Å². The summed E-state index contributed by atoms with van der Waals surface area (Å²) >= 11 is 0. The van der Waals surface area contributed by atoms with Gasteiger partial charge in [-0.3, -0.25) is 9.59 Å². The molecule has 4 heteroatoms. The summed E-state index contributed by atoms with van der Waals surface area (Å²) in [4.78, 5) is 26.4. The van der Waals surface area contributed by atoms with Crippen LogP contribution in [0.3, 0.4) is 0 Å². The van der Waals surface area contributed by atoms with E-state index in [1.165, 1.54) is 0 Å². The van der Waals surface area contributed by atoms with Crippen molar-refractivity contribution in [1.29, 1.82) is 0 Å². The molecule has 0 radical (unpaired) electrons. The lowest BCUT2D eigenvalue weighted by molar-refractivity contribution is -0.131. The minimum atomic E-state index is -0.199. The second-order valence-corrected chi connectivity index (χ2v) is 7.07. The van der Waals surface area contributed by atoms with Crippen molar-refractivity contribution in [3.05, 3.63) is 34.9 Å². The fourth-order valence-electron chi connectivity index (χ4n) is 2.41. The zero-order valence-corrected chi connectivity index (χ0v) is 15.3. The van der Waals surface area contributed by atoms with Crippen LogP contribution in [0.4, 0.5) is 0 Å². The highest BCUT2D eigenvalue weighted by Gasteiger charge is 2.17. The zero-order valence-electron chi connectivity index (χ0n) is 15.3. The molecule has 1 rings (SSSR count). The molecule has 0 aliphatic carbocycles. The monoisotopic (exact) mass is 318 g/mol. The third-order valence-electron chi connectivity index (χ3n) is 3.69. The van der Waals surface area contributed by atoms with E-state index in [0.29, 0.717) is 17.4 Å². The van der Waals surface area contributed by atoms with Gasteiger partial charge in [-0.2, -0.15) is 0 Å². The van der Waals surface area contributed by atoms with Gasteiger partial charge in [0.05, 0.1) is 6.54 Å². The average Bonchev–Trinajstić information content (AvgIpc) is 2.45. The molecule has 2 amide bonds. The third-order valence-corrected chi connectivity index (χ3v) is 3.69. The van der Waals surface area contributed by atoms with E-state index in [1.54, 1.807) is 6.07 Å². The number of carbonyl (C=O) groups is 2. The number of carbonyl (C=O) groups excluding carboxylic acids is 2. The summed E-state index contributed by atoms with van der Waals surface area (Å²) in [6.45, 7) is 13.8. The Bertz CT molecular complexity index is 540. The molecule has 128 valence electrons. The highest BCUT2D eigenvalue weighted by molar-refractivity contribution is 5.96. The van der Waals surface area contributed by atoms with Crippen molar-refractivity contribution in [3.8, 4) is 0 Å². The number of aryl methyl sites for hydroxylation is 2. The molecule has 0 spiro atoms. The van der Waals surface area contributed by atoms with Gasteiger partial charge in [-0.1, -0.05) is 33.8 Å². The Kier molecular flexibility index (Phi) is 7.27. The summed E-state index contributed by atoms with van der Waals surface area (Å²) in [6, 6.07) is 5.58. The molecule has 0 saturated heterocycles. The molecule has 1 N–H and O–H groups in total. The van der Waals surface area contributed by atoms with Crippen LogP contribution in [-0.4, -0.2) is 36.3 Å². The van der Waals surface area contributed by atoms with E-state index < -0.39 is 0 Å². The first-order valence-electron chi connectivity index (χ1n) is 8.34. The highest BCUT2D eigenvalue weighted by atomic mass is 16.2. The maximum atomic E-state index is 12.4. The molecule has 0 bridgehead atoms. The first-order valence-corrected chi connectivity index (χ1v) is 8.34. The largest absolute Gasteiger partial charge is 0.343 e. The predicted octanol–water partition coefficient (Wildman–Crippen LogP) is 3.17. The van der Waals surface area contributed by atoms with Crippen LogP contribution in [0.25, 0.3) is 0 Å². The number of hydrogen-bond acceptors (Lipinski definition) is 2. The first-order chi connectivity index (χ1) is 10.7. The quantitative estimate of drug-likeness (QED) is 0.839. The summed E-state index contributed by atoms with van der Waals surface area (Å²) in [5, 5.41) is 2.74. The molecule has 0 atom stereocenters. The molecule has 0 unspecified atom stereocenters. The van der Waals surface area contributed by atoms with Gasteiger partial charge in [0.2, 0.25) is 5.91 Å². The minimum Gasteiger partial charge on any atom is -0.343 e. The van der Waals surface area contributed by atoms with Crippen molar-refractivity contribution >= 4 is 11.8 Å². The Balaban J connectivity index is 2.64. The van der Waals surface area contributed by atoms with Crippen molar-refractivity contribution in [1.82, 2.24) is 10.2 Å². The first kappa shape index (κ1) is 19.2. The fourth-order valence-corrected chi connectivity index (χ4v) is 2.41. The normalized spacial score (nSPS) is 11.0. The van der Waals surface area contributed by atoms with Crippen molar-refractivity contribution in [2.75, 3.05) is 19.6 Å². The van der Waals surface area contributed by atoms with Gasteiger partial charge in [0, 0.05) is 18.7 Å². The second kappa shape index (κ2) is 8.70. The summed E-state index contributed by atoms with van der Waals surface area (Å²) in [7, 11) is 0. The third kappa shape index (κ3) is 6.43. The number of nitrogens with zero attached hydrogens (tertiary/aromatic N) is 1. The molecule has 0 saturated carbocycles. The lowest BCUT2D eigenvalue weighted by Crippen LogP contribution is -2.43. The van der Waals surface area contributed by atoms with E-state index in [2.05, 4.69) is 33.0 Å². The Morgan fingerprint density at radius 2 is 1.57 bits per heavy atom.